The van der Waals surface area contributed by atoms with Crippen LogP contribution in [0.15, 0.2) is 0 Å². The molecule has 2 unspecified atom stereocenters. The van der Waals surface area contributed by atoms with E-state index in [1.54, 1.807) is 0 Å². The number of hydrogen-bond acceptors (Lipinski definition) is 15. The van der Waals surface area contributed by atoms with Crippen LogP contribution in [-0.4, -0.2) is 96.7 Å². The van der Waals surface area contributed by atoms with E-state index in [0.717, 1.165) is 109 Å². The van der Waals surface area contributed by atoms with Crippen LogP contribution in [0.1, 0.15) is 426 Å². The topological polar surface area (TPSA) is 237 Å². The maximum Gasteiger partial charge on any atom is 0.472 e. The first-order valence-electron chi connectivity index (χ1n) is 41.6. The van der Waals surface area contributed by atoms with E-state index in [9.17, 15) is 43.2 Å². The molecule has 588 valence electrons. The van der Waals surface area contributed by atoms with Gasteiger partial charge in [-0.05, 0) is 31.6 Å². The van der Waals surface area contributed by atoms with Gasteiger partial charge >= 0.3 is 39.5 Å². The normalized spacial score (nSPS) is 13.9. The zero-order valence-corrected chi connectivity index (χ0v) is 66.4. The molecule has 0 aliphatic rings. The summed E-state index contributed by atoms with van der Waals surface area (Å²) in [6, 6.07) is 0. The molecule has 0 aromatic rings. The fourth-order valence-electron chi connectivity index (χ4n) is 12.4. The summed E-state index contributed by atoms with van der Waals surface area (Å²) in [5.74, 6) is -1.33. The van der Waals surface area contributed by atoms with Crippen molar-refractivity contribution in [1.29, 1.82) is 0 Å². The maximum atomic E-state index is 13.1. The summed E-state index contributed by atoms with van der Waals surface area (Å²) in [7, 11) is -9.91. The number of carbonyl (C=O) groups excluding carboxylic acids is 4. The molecule has 3 N–H and O–H groups in total. The van der Waals surface area contributed by atoms with Gasteiger partial charge in [-0.1, -0.05) is 375 Å². The van der Waals surface area contributed by atoms with Crippen molar-refractivity contribution < 1.29 is 80.2 Å². The first kappa shape index (κ1) is 97.1. The second-order valence-corrected chi connectivity index (χ2v) is 32.2. The highest BCUT2D eigenvalue weighted by Crippen LogP contribution is 2.45. The molecule has 0 spiro atoms. The fourth-order valence-corrected chi connectivity index (χ4v) is 14.0. The van der Waals surface area contributed by atoms with Crippen molar-refractivity contribution in [3.63, 3.8) is 0 Å². The van der Waals surface area contributed by atoms with Gasteiger partial charge in [-0.3, -0.25) is 37.3 Å². The molecule has 0 amide bonds. The Morgan fingerprint density at radius 2 is 0.465 bits per heavy atom. The van der Waals surface area contributed by atoms with E-state index in [1.165, 1.54) is 238 Å². The molecule has 17 nitrogen and oxygen atoms in total. The molecule has 99 heavy (non-hydrogen) atoms. The van der Waals surface area contributed by atoms with Crippen molar-refractivity contribution >= 4 is 39.5 Å². The molecule has 0 radical (unpaired) electrons. The number of phosphoric acid groups is 2. The van der Waals surface area contributed by atoms with Crippen LogP contribution in [-0.2, 0) is 65.4 Å². The molecule has 0 aromatic carbocycles. The zero-order chi connectivity index (χ0) is 72.7. The van der Waals surface area contributed by atoms with Crippen LogP contribution in [0.5, 0.6) is 0 Å². The molecule has 0 saturated carbocycles. The van der Waals surface area contributed by atoms with E-state index in [0.29, 0.717) is 25.7 Å². The van der Waals surface area contributed by atoms with E-state index < -0.39 is 97.5 Å². The van der Waals surface area contributed by atoms with E-state index in [2.05, 4.69) is 34.6 Å². The Kier molecular flexibility index (Phi) is 71.6. The zero-order valence-electron chi connectivity index (χ0n) is 64.6. The highest BCUT2D eigenvalue weighted by atomic mass is 31.2. The molecule has 0 aliphatic heterocycles. The van der Waals surface area contributed by atoms with E-state index in [4.69, 9.17) is 37.0 Å². The number of ether oxygens (including phenoxy) is 4. The van der Waals surface area contributed by atoms with Gasteiger partial charge in [-0.15, -0.1) is 0 Å². The molecule has 0 heterocycles. The summed E-state index contributed by atoms with van der Waals surface area (Å²) in [4.78, 5) is 72.8. The molecule has 5 atom stereocenters. The van der Waals surface area contributed by atoms with Crippen molar-refractivity contribution in [1.82, 2.24) is 0 Å². The number of rotatable bonds is 80. The Morgan fingerprint density at radius 3 is 0.687 bits per heavy atom. The Hall–Kier alpha value is -1.94. The molecule has 0 bridgehead atoms. The van der Waals surface area contributed by atoms with Crippen molar-refractivity contribution in [2.45, 2.75) is 445 Å². The quantitative estimate of drug-likeness (QED) is 0.0222. The van der Waals surface area contributed by atoms with Gasteiger partial charge in [-0.2, -0.15) is 0 Å². The minimum atomic E-state index is -4.96. The van der Waals surface area contributed by atoms with Crippen LogP contribution in [0, 0.1) is 5.92 Å². The summed E-state index contributed by atoms with van der Waals surface area (Å²) < 4.78 is 68.6. The van der Waals surface area contributed by atoms with Crippen molar-refractivity contribution in [2.75, 3.05) is 39.6 Å². The van der Waals surface area contributed by atoms with Gasteiger partial charge in [0, 0.05) is 25.7 Å². The van der Waals surface area contributed by atoms with E-state index >= 15 is 0 Å². The number of carbonyl (C=O) groups is 4. The number of esters is 4. The predicted molar refractivity (Wildman–Crippen MR) is 405 cm³/mol. The molecule has 0 aliphatic carbocycles. The second kappa shape index (κ2) is 73.0. The van der Waals surface area contributed by atoms with Crippen LogP contribution in [0.3, 0.4) is 0 Å². The van der Waals surface area contributed by atoms with Gasteiger partial charge < -0.3 is 33.8 Å². The highest BCUT2D eigenvalue weighted by molar-refractivity contribution is 7.47. The van der Waals surface area contributed by atoms with Crippen molar-refractivity contribution in [2.24, 2.45) is 5.92 Å². The Labute approximate surface area is 607 Å². The number of phosphoric ester groups is 2. The van der Waals surface area contributed by atoms with Gasteiger partial charge in [0.1, 0.15) is 19.3 Å². The largest absolute Gasteiger partial charge is 0.472 e. The Bertz CT molecular complexity index is 1890. The lowest BCUT2D eigenvalue weighted by atomic mass is 10.0. The summed E-state index contributed by atoms with van der Waals surface area (Å²) in [6.45, 7) is 7.29. The number of hydrogen-bond donors (Lipinski definition) is 3. The highest BCUT2D eigenvalue weighted by Gasteiger charge is 2.30. The number of aliphatic hydroxyl groups excluding tert-OH is 1. The lowest BCUT2D eigenvalue weighted by Crippen LogP contribution is -2.30. The van der Waals surface area contributed by atoms with Gasteiger partial charge in [0.25, 0.3) is 0 Å². The molecular weight excluding hydrogens is 1290 g/mol. The summed E-state index contributed by atoms with van der Waals surface area (Å²) in [6.07, 6.45) is 64.1. The van der Waals surface area contributed by atoms with Crippen LogP contribution in [0.25, 0.3) is 0 Å². The van der Waals surface area contributed by atoms with Gasteiger partial charge in [0.15, 0.2) is 12.2 Å². The molecule has 0 aromatic heterocycles. The Morgan fingerprint density at radius 1 is 0.273 bits per heavy atom. The number of unbranched alkanes of at least 4 members (excludes halogenated alkanes) is 52. The molecule has 19 heteroatoms. The first-order chi connectivity index (χ1) is 48.0. The fraction of sp³-hybridized carbons (Fsp3) is 0.950. The Balaban J connectivity index is 5.15. The third kappa shape index (κ3) is 74.1. The summed E-state index contributed by atoms with van der Waals surface area (Å²) in [5, 5.41) is 10.6. The maximum absolute atomic E-state index is 13.1. The van der Waals surface area contributed by atoms with E-state index in [-0.39, 0.29) is 25.7 Å². The van der Waals surface area contributed by atoms with Gasteiger partial charge in [0.2, 0.25) is 0 Å². The predicted octanol–water partition coefficient (Wildman–Crippen LogP) is 24.0. The molecule has 0 saturated heterocycles. The summed E-state index contributed by atoms with van der Waals surface area (Å²) in [5.41, 5.74) is 0. The third-order valence-corrected chi connectivity index (χ3v) is 20.7. The molecule has 0 fully saturated rings. The lowest BCUT2D eigenvalue weighted by Gasteiger charge is -2.21. The third-order valence-electron chi connectivity index (χ3n) is 18.8. The molecule has 0 rings (SSSR count). The minimum absolute atomic E-state index is 0.108. The second-order valence-electron chi connectivity index (χ2n) is 29.3. The minimum Gasteiger partial charge on any atom is -0.462 e. The first-order valence-corrected chi connectivity index (χ1v) is 44.6. The van der Waals surface area contributed by atoms with Gasteiger partial charge in [-0.25, -0.2) is 9.13 Å². The number of aliphatic hydroxyl groups is 1. The van der Waals surface area contributed by atoms with Crippen LogP contribution in [0.4, 0.5) is 0 Å². The molecular formula is C80H156O17P2. The van der Waals surface area contributed by atoms with Crippen molar-refractivity contribution in [3.8, 4) is 0 Å². The standard InChI is InChI=1S/C80H156O17P2/c1-6-9-12-15-18-20-22-24-26-27-28-29-30-31-32-34-36-42-46-51-56-61-66-80(85)97-76(70-91-78(83)64-59-54-49-44-40-38-37-39-43-48-52-57-62-73(4)5)72-95-99(88,89)93-68-74(81)67-92-98(86,87)94-71-75(69-90-77(82)63-58-53-47-17-14-11-8-3)96-79(84)65-60-55-50-45-41-35-33-25-23-21-19-16-13-10-7-2/h73-76,81H,6-72H2,1-5H3,(H,86,87)(H,88,89)/t74-,75+,76+/m0/s1. The van der Waals surface area contributed by atoms with Crippen molar-refractivity contribution in [3.05, 3.63) is 0 Å². The smallest absolute Gasteiger partial charge is 0.462 e. The van der Waals surface area contributed by atoms with Gasteiger partial charge in [0.05, 0.1) is 26.4 Å². The van der Waals surface area contributed by atoms with Crippen LogP contribution >= 0.6 is 15.6 Å². The van der Waals surface area contributed by atoms with E-state index in [1.807, 2.05) is 0 Å². The van der Waals surface area contributed by atoms with Crippen LogP contribution < -0.4 is 0 Å². The average Bonchev–Trinajstić information content (AvgIpc) is 1.09. The summed E-state index contributed by atoms with van der Waals surface area (Å²) >= 11 is 0. The SMILES string of the molecule is CCCCCCCCCCCCCCCCCCCCCCCCC(=O)O[C@H](COC(=O)CCCCCCCCCCCCCCC(C)C)COP(=O)(O)OC[C@@H](O)COP(=O)(O)OC[C@@H](COC(=O)CCCCCCCCC)OC(=O)CCCCCCCCCCCCCCCCC. The average molecular weight is 1450 g/mol. The lowest BCUT2D eigenvalue weighted by molar-refractivity contribution is -0.161. The monoisotopic (exact) mass is 1450 g/mol. The van der Waals surface area contributed by atoms with Crippen LogP contribution in [0.2, 0.25) is 0 Å².